The van der Waals surface area contributed by atoms with Crippen LogP contribution < -0.4 is 16.4 Å². The van der Waals surface area contributed by atoms with Crippen LogP contribution in [0.25, 0.3) is 0 Å². The highest BCUT2D eigenvalue weighted by atomic mass is 35.5. The number of allylic oxidation sites excluding steroid dienone is 1. The maximum Gasteiger partial charge on any atom is 0.358 e. The van der Waals surface area contributed by atoms with Crippen LogP contribution in [0.2, 0.25) is 4.34 Å². The number of thioether (sulfide) groups is 1. The summed E-state index contributed by atoms with van der Waals surface area (Å²) in [6.45, 7) is 4.35. The van der Waals surface area contributed by atoms with E-state index < -0.39 is 48.0 Å². The van der Waals surface area contributed by atoms with E-state index in [1.54, 1.807) is 27.8 Å². The Morgan fingerprint density at radius 1 is 1.24 bits per heavy atom. The third-order valence-electron chi connectivity index (χ3n) is 5.92. The van der Waals surface area contributed by atoms with Crippen LogP contribution in [0.1, 0.15) is 39.3 Å². The van der Waals surface area contributed by atoms with Gasteiger partial charge in [0.2, 0.25) is 11.9 Å². The molecule has 19 heteroatoms. The summed E-state index contributed by atoms with van der Waals surface area (Å²) in [6, 6.07) is -1.56. The number of ether oxygens (including phenoxy) is 2. The van der Waals surface area contributed by atoms with Crippen LogP contribution in [-0.2, 0) is 33.5 Å². The average molecular weight is 659 g/mol. The molecular weight excluding hydrogens is 632 g/mol. The first-order chi connectivity index (χ1) is 19.8. The molecule has 4 N–H and O–H groups in total. The normalized spacial score (nSPS) is 18.7. The molecule has 2 amide bonds. The van der Waals surface area contributed by atoms with Crippen molar-refractivity contribution in [3.8, 4) is 0 Å². The van der Waals surface area contributed by atoms with E-state index in [9.17, 15) is 19.2 Å². The van der Waals surface area contributed by atoms with Crippen LogP contribution in [-0.4, -0.2) is 82.6 Å². The number of carbonyl (C=O) groups excluding carboxylic acids is 4. The number of oxime groups is 1. The first kappa shape index (κ1) is 31.5. The Morgan fingerprint density at radius 3 is 2.57 bits per heavy atom. The SMILES string of the molecule is CNc1nnc(SC2=C(C(=O)OCOC(=O)C(C)(C)C)N3C(=O)[C@@H](NC(=O)/C(=N\OC)c4nc(N)sc4Cl)[C@H]3CC2)s1. The summed E-state index contributed by atoms with van der Waals surface area (Å²) < 4.78 is 11.0. The molecular formula is C23H27ClN8O7S3. The van der Waals surface area contributed by atoms with Gasteiger partial charge < -0.3 is 30.7 Å². The highest BCUT2D eigenvalue weighted by molar-refractivity contribution is 8.04. The van der Waals surface area contributed by atoms with Gasteiger partial charge in [0.05, 0.1) is 11.5 Å². The monoisotopic (exact) mass is 658 g/mol. The second kappa shape index (κ2) is 12.8. The standard InChI is InChI=1S/C23H27ClN8O7S3/c1-23(2,3)19(36)39-8-38-18(35)14-10(40-22-30-29-21(26-4)42-22)7-6-9-11(17(34)32(9)14)27-16(33)13(31-37-5)12-15(24)41-20(25)28-12/h9,11H,6-8H2,1-5H3,(H2,25,28)(H,26,29)(H,27,33)/b31-13-/t9-,11+/m1/s1. The summed E-state index contributed by atoms with van der Waals surface area (Å²) in [6.07, 6.45) is 0.771. The zero-order valence-corrected chi connectivity index (χ0v) is 26.3. The maximum atomic E-state index is 13.4. The molecule has 0 radical (unpaired) electrons. The first-order valence-corrected chi connectivity index (χ1v) is 15.1. The molecule has 4 rings (SSSR count). The molecule has 15 nitrogen and oxygen atoms in total. The molecule has 0 saturated carbocycles. The molecule has 2 aromatic rings. The van der Waals surface area contributed by atoms with E-state index >= 15 is 0 Å². The second-order valence-electron chi connectivity index (χ2n) is 9.79. The molecule has 0 aromatic carbocycles. The van der Waals surface area contributed by atoms with Gasteiger partial charge in [0.15, 0.2) is 15.2 Å². The Kier molecular flexibility index (Phi) is 9.59. The van der Waals surface area contributed by atoms with Crippen LogP contribution in [0.4, 0.5) is 10.3 Å². The molecule has 0 aliphatic carbocycles. The van der Waals surface area contributed by atoms with Gasteiger partial charge in [-0.05, 0) is 33.6 Å². The lowest BCUT2D eigenvalue weighted by molar-refractivity contribution is -0.174. The van der Waals surface area contributed by atoms with Gasteiger partial charge in [0.25, 0.3) is 11.8 Å². The fourth-order valence-corrected chi connectivity index (χ4v) is 6.81. The minimum Gasteiger partial charge on any atom is -0.427 e. The minimum absolute atomic E-state index is 0.0106. The predicted octanol–water partition coefficient (Wildman–Crippen LogP) is 2.21. The number of halogens is 1. The molecule has 0 unspecified atom stereocenters. The largest absolute Gasteiger partial charge is 0.427 e. The molecule has 1 fully saturated rings. The number of carbonyl (C=O) groups is 4. The van der Waals surface area contributed by atoms with E-state index in [-0.39, 0.29) is 26.6 Å². The summed E-state index contributed by atoms with van der Waals surface area (Å²) in [5.74, 6) is -2.75. The predicted molar refractivity (Wildman–Crippen MR) is 156 cm³/mol. The van der Waals surface area contributed by atoms with Crippen molar-refractivity contribution in [1.82, 2.24) is 25.4 Å². The van der Waals surface area contributed by atoms with E-state index in [2.05, 4.69) is 31.0 Å². The number of amides is 2. The number of β-lactam (4-membered cyclic amide) rings is 1. The number of thiazole rings is 1. The Hall–Kier alpha value is -3.48. The van der Waals surface area contributed by atoms with Gasteiger partial charge in [0.1, 0.15) is 28.9 Å². The summed E-state index contributed by atoms with van der Waals surface area (Å²) >= 11 is 9.55. The number of hydrogen-bond acceptors (Lipinski definition) is 16. The van der Waals surface area contributed by atoms with Gasteiger partial charge in [0, 0.05) is 12.0 Å². The van der Waals surface area contributed by atoms with Crippen molar-refractivity contribution in [2.45, 2.75) is 50.0 Å². The summed E-state index contributed by atoms with van der Waals surface area (Å²) in [7, 11) is 2.95. The molecule has 42 heavy (non-hydrogen) atoms. The third kappa shape index (κ3) is 6.61. The Morgan fingerprint density at radius 2 is 1.98 bits per heavy atom. The zero-order chi connectivity index (χ0) is 30.8. The lowest BCUT2D eigenvalue weighted by Gasteiger charge is -2.50. The molecule has 1 saturated heterocycles. The number of anilines is 2. The fraction of sp³-hybridized carbons (Fsp3) is 0.478. The number of fused-ring (bicyclic) bond motifs is 1. The van der Waals surface area contributed by atoms with Gasteiger partial charge in [-0.1, -0.05) is 51.2 Å². The molecule has 2 aliphatic heterocycles. The van der Waals surface area contributed by atoms with Crippen LogP contribution in [0, 0.1) is 5.41 Å². The zero-order valence-electron chi connectivity index (χ0n) is 23.0. The van der Waals surface area contributed by atoms with Gasteiger partial charge >= 0.3 is 11.9 Å². The second-order valence-corrected chi connectivity index (χ2v) is 13.7. The van der Waals surface area contributed by atoms with E-state index in [0.29, 0.717) is 27.2 Å². The van der Waals surface area contributed by atoms with Gasteiger partial charge in [-0.3, -0.25) is 19.3 Å². The molecule has 2 aromatic heterocycles. The van der Waals surface area contributed by atoms with Crippen molar-refractivity contribution < 1.29 is 33.5 Å². The Balaban J connectivity index is 1.55. The highest BCUT2D eigenvalue weighted by Crippen LogP contribution is 2.44. The van der Waals surface area contributed by atoms with Crippen molar-refractivity contribution in [1.29, 1.82) is 0 Å². The summed E-state index contributed by atoms with van der Waals surface area (Å²) in [5, 5.41) is 18.1. The van der Waals surface area contributed by atoms with Crippen molar-refractivity contribution in [3.63, 3.8) is 0 Å². The Bertz CT molecular complexity index is 1470. The first-order valence-electron chi connectivity index (χ1n) is 12.3. The van der Waals surface area contributed by atoms with Crippen LogP contribution in [0.5, 0.6) is 0 Å². The molecule has 0 bridgehead atoms. The van der Waals surface area contributed by atoms with Crippen LogP contribution >= 0.6 is 46.0 Å². The van der Waals surface area contributed by atoms with Crippen molar-refractivity contribution in [3.05, 3.63) is 20.6 Å². The lowest BCUT2D eigenvalue weighted by Crippen LogP contribution is -2.72. The molecule has 2 atom stereocenters. The number of nitrogens with two attached hydrogens (primary N) is 1. The van der Waals surface area contributed by atoms with Crippen LogP contribution in [0.3, 0.4) is 0 Å². The number of nitrogen functional groups attached to an aromatic ring is 1. The van der Waals surface area contributed by atoms with E-state index in [1.165, 1.54) is 35.1 Å². The third-order valence-corrected chi connectivity index (χ3v) is 9.14. The molecule has 2 aliphatic rings. The number of esters is 2. The molecule has 0 spiro atoms. The van der Waals surface area contributed by atoms with E-state index in [4.69, 9.17) is 31.6 Å². The number of nitrogens with one attached hydrogen (secondary N) is 2. The minimum atomic E-state index is -0.986. The smallest absolute Gasteiger partial charge is 0.358 e. The lowest BCUT2D eigenvalue weighted by atomic mass is 9.86. The molecule has 226 valence electrons. The summed E-state index contributed by atoms with van der Waals surface area (Å²) in [5.41, 5.74) is 4.62. The van der Waals surface area contributed by atoms with E-state index in [0.717, 1.165) is 11.3 Å². The molecule has 4 heterocycles. The highest BCUT2D eigenvalue weighted by Gasteiger charge is 2.54. The van der Waals surface area contributed by atoms with Crippen molar-refractivity contribution >= 4 is 85.8 Å². The number of aromatic nitrogens is 3. The van der Waals surface area contributed by atoms with E-state index in [1.807, 2.05) is 0 Å². The number of rotatable bonds is 10. The topological polar surface area (TPSA) is 200 Å². The van der Waals surface area contributed by atoms with Crippen molar-refractivity contribution in [2.75, 3.05) is 32.0 Å². The van der Waals surface area contributed by atoms with Gasteiger partial charge in [-0.25, -0.2) is 9.78 Å². The number of nitrogens with zero attached hydrogens (tertiary/aromatic N) is 5. The van der Waals surface area contributed by atoms with Crippen LogP contribution in [0.15, 0.2) is 20.1 Å². The summed E-state index contributed by atoms with van der Waals surface area (Å²) in [4.78, 5) is 62.6. The quantitative estimate of drug-likeness (QED) is 0.110. The number of hydrogen-bond donors (Lipinski definition) is 3. The average Bonchev–Trinajstić information content (AvgIpc) is 3.53. The van der Waals surface area contributed by atoms with Gasteiger partial charge in [-0.15, -0.1) is 10.2 Å². The van der Waals surface area contributed by atoms with Crippen molar-refractivity contribution in [2.24, 2.45) is 10.6 Å². The Labute approximate surface area is 257 Å². The maximum absolute atomic E-state index is 13.4. The fourth-order valence-electron chi connectivity index (χ4n) is 3.95. The van der Waals surface area contributed by atoms with Gasteiger partial charge in [-0.2, -0.15) is 0 Å².